The second-order valence-electron chi connectivity index (χ2n) is 5.70. The molecule has 1 N–H and O–H groups in total. The predicted molar refractivity (Wildman–Crippen MR) is 72.4 cm³/mol. The molecule has 5 heteroatoms. The lowest BCUT2D eigenvalue weighted by Gasteiger charge is -2.30. The molecule has 2 aliphatic rings. The van der Waals surface area contributed by atoms with E-state index in [1.807, 2.05) is 6.20 Å². The van der Waals surface area contributed by atoms with Crippen LogP contribution in [0.2, 0.25) is 0 Å². The second kappa shape index (κ2) is 5.33. The lowest BCUT2D eigenvalue weighted by Crippen LogP contribution is -2.43. The first kappa shape index (κ1) is 12.7. The molecular formula is C14H22N4O. The Hall–Kier alpha value is -1.36. The summed E-state index contributed by atoms with van der Waals surface area (Å²) in [6.45, 7) is 4.57. The Bertz CT molecular complexity index is 427. The summed E-state index contributed by atoms with van der Waals surface area (Å²) in [4.78, 5) is 23.7. The van der Waals surface area contributed by atoms with Gasteiger partial charge in [0.25, 0.3) is 0 Å². The van der Waals surface area contributed by atoms with Crippen LogP contribution in [0.25, 0.3) is 0 Å². The zero-order valence-corrected chi connectivity index (χ0v) is 11.5. The van der Waals surface area contributed by atoms with E-state index >= 15 is 0 Å². The number of nitrogens with zero attached hydrogens (tertiary/aromatic N) is 3. The number of hydrogen-bond donors (Lipinski definition) is 1. The minimum atomic E-state index is 0.229. The van der Waals surface area contributed by atoms with Crippen molar-refractivity contribution in [3.63, 3.8) is 0 Å². The lowest BCUT2D eigenvalue weighted by molar-refractivity contribution is -0.130. The summed E-state index contributed by atoms with van der Waals surface area (Å²) < 4.78 is 0. The molecule has 1 aliphatic heterocycles. The van der Waals surface area contributed by atoms with E-state index in [0.29, 0.717) is 12.1 Å². The molecule has 1 amide bonds. The van der Waals surface area contributed by atoms with Gasteiger partial charge >= 0.3 is 0 Å². The van der Waals surface area contributed by atoms with Crippen LogP contribution in [0.3, 0.4) is 0 Å². The van der Waals surface area contributed by atoms with Gasteiger partial charge in [0.05, 0.1) is 6.54 Å². The maximum absolute atomic E-state index is 11.7. The molecule has 3 rings (SSSR count). The summed E-state index contributed by atoms with van der Waals surface area (Å²) in [6.07, 6.45) is 8.45. The first-order valence-electron chi connectivity index (χ1n) is 7.23. The fraction of sp³-hybridized carbons (Fsp3) is 0.714. The Morgan fingerprint density at radius 2 is 2.37 bits per heavy atom. The van der Waals surface area contributed by atoms with Gasteiger partial charge in [0.1, 0.15) is 5.82 Å². The SMILES string of the molecule is CC(=O)N(C[C@@H]1CCCN1Cc1ncc[nH]1)C1CC1. The highest BCUT2D eigenvalue weighted by atomic mass is 16.2. The first-order chi connectivity index (χ1) is 9.24. The van der Waals surface area contributed by atoms with Gasteiger partial charge in [-0.15, -0.1) is 0 Å². The number of amides is 1. The van der Waals surface area contributed by atoms with E-state index in [9.17, 15) is 4.79 Å². The molecular weight excluding hydrogens is 240 g/mol. The van der Waals surface area contributed by atoms with Gasteiger partial charge in [-0.05, 0) is 32.2 Å². The van der Waals surface area contributed by atoms with Crippen LogP contribution in [-0.4, -0.2) is 50.8 Å². The Morgan fingerprint density at radius 3 is 3.00 bits per heavy atom. The normalized spacial score (nSPS) is 23.7. The third-order valence-corrected chi connectivity index (χ3v) is 4.21. The molecule has 1 aromatic heterocycles. The summed E-state index contributed by atoms with van der Waals surface area (Å²) in [5, 5.41) is 0. The Morgan fingerprint density at radius 1 is 1.53 bits per heavy atom. The maximum atomic E-state index is 11.7. The number of carbonyl (C=O) groups is 1. The number of hydrogen-bond acceptors (Lipinski definition) is 3. The van der Waals surface area contributed by atoms with Crippen LogP contribution in [0.1, 0.15) is 38.4 Å². The smallest absolute Gasteiger partial charge is 0.219 e. The van der Waals surface area contributed by atoms with Crippen LogP contribution in [0.5, 0.6) is 0 Å². The Labute approximate surface area is 114 Å². The first-order valence-corrected chi connectivity index (χ1v) is 7.23. The highest BCUT2D eigenvalue weighted by Gasteiger charge is 2.35. The van der Waals surface area contributed by atoms with Gasteiger partial charge in [-0.2, -0.15) is 0 Å². The van der Waals surface area contributed by atoms with Gasteiger partial charge in [-0.1, -0.05) is 0 Å². The molecule has 1 atom stereocenters. The monoisotopic (exact) mass is 262 g/mol. The van der Waals surface area contributed by atoms with Crippen molar-refractivity contribution < 1.29 is 4.79 Å². The Kier molecular flexibility index (Phi) is 3.55. The summed E-state index contributed by atoms with van der Waals surface area (Å²) in [5.74, 6) is 1.25. The zero-order valence-electron chi connectivity index (χ0n) is 11.5. The molecule has 2 fully saturated rings. The van der Waals surface area contributed by atoms with E-state index in [-0.39, 0.29) is 5.91 Å². The fourth-order valence-corrected chi connectivity index (χ4v) is 3.03. The van der Waals surface area contributed by atoms with E-state index in [4.69, 9.17) is 0 Å². The molecule has 0 bridgehead atoms. The van der Waals surface area contributed by atoms with Gasteiger partial charge in [0.2, 0.25) is 5.91 Å². The number of aromatic nitrogens is 2. The molecule has 0 radical (unpaired) electrons. The van der Waals surface area contributed by atoms with Crippen molar-refractivity contribution in [2.24, 2.45) is 0 Å². The van der Waals surface area contributed by atoms with Crippen LogP contribution in [0.4, 0.5) is 0 Å². The highest BCUT2D eigenvalue weighted by molar-refractivity contribution is 5.74. The minimum Gasteiger partial charge on any atom is -0.348 e. The highest BCUT2D eigenvalue weighted by Crippen LogP contribution is 2.29. The Balaban J connectivity index is 1.60. The molecule has 5 nitrogen and oxygen atoms in total. The van der Waals surface area contributed by atoms with Crippen LogP contribution in [-0.2, 0) is 11.3 Å². The molecule has 1 saturated heterocycles. The van der Waals surface area contributed by atoms with Gasteiger partial charge < -0.3 is 9.88 Å². The van der Waals surface area contributed by atoms with E-state index < -0.39 is 0 Å². The number of nitrogens with one attached hydrogen (secondary N) is 1. The topological polar surface area (TPSA) is 52.2 Å². The summed E-state index contributed by atoms with van der Waals surface area (Å²) >= 11 is 0. The number of rotatable bonds is 5. The molecule has 1 aliphatic carbocycles. The quantitative estimate of drug-likeness (QED) is 0.872. The summed E-state index contributed by atoms with van der Waals surface area (Å²) in [7, 11) is 0. The second-order valence-corrected chi connectivity index (χ2v) is 5.70. The minimum absolute atomic E-state index is 0.229. The number of H-pyrrole nitrogens is 1. The summed E-state index contributed by atoms with van der Waals surface area (Å²) in [5.41, 5.74) is 0. The molecule has 0 aromatic carbocycles. The van der Waals surface area contributed by atoms with E-state index in [2.05, 4.69) is 19.8 Å². The third-order valence-electron chi connectivity index (χ3n) is 4.21. The summed E-state index contributed by atoms with van der Waals surface area (Å²) in [6, 6.07) is 1.01. The van der Waals surface area contributed by atoms with Crippen molar-refractivity contribution >= 4 is 5.91 Å². The van der Waals surface area contributed by atoms with Crippen LogP contribution >= 0.6 is 0 Å². The molecule has 0 spiro atoms. The molecule has 104 valence electrons. The largest absolute Gasteiger partial charge is 0.348 e. The van der Waals surface area contributed by atoms with Crippen molar-refractivity contribution in [2.45, 2.75) is 51.2 Å². The fourth-order valence-electron chi connectivity index (χ4n) is 3.03. The van der Waals surface area contributed by atoms with Crippen LogP contribution < -0.4 is 0 Å². The number of aromatic amines is 1. The average molecular weight is 262 g/mol. The van der Waals surface area contributed by atoms with Gasteiger partial charge in [0.15, 0.2) is 0 Å². The molecule has 19 heavy (non-hydrogen) atoms. The van der Waals surface area contributed by atoms with Crippen molar-refractivity contribution in [3.8, 4) is 0 Å². The third kappa shape index (κ3) is 2.97. The molecule has 0 unspecified atom stereocenters. The molecule has 1 saturated carbocycles. The van der Waals surface area contributed by atoms with Gasteiger partial charge in [0, 0.05) is 37.9 Å². The van der Waals surface area contributed by atoms with E-state index in [0.717, 1.165) is 25.5 Å². The zero-order chi connectivity index (χ0) is 13.2. The van der Waals surface area contributed by atoms with Crippen molar-refractivity contribution in [3.05, 3.63) is 18.2 Å². The van der Waals surface area contributed by atoms with Gasteiger partial charge in [-0.25, -0.2) is 4.98 Å². The van der Waals surface area contributed by atoms with E-state index in [1.54, 1.807) is 13.1 Å². The van der Waals surface area contributed by atoms with Crippen LogP contribution in [0.15, 0.2) is 12.4 Å². The van der Waals surface area contributed by atoms with Crippen molar-refractivity contribution in [1.82, 2.24) is 19.8 Å². The van der Waals surface area contributed by atoms with Gasteiger partial charge in [-0.3, -0.25) is 9.69 Å². The number of carbonyl (C=O) groups excluding carboxylic acids is 1. The van der Waals surface area contributed by atoms with Crippen LogP contribution in [0, 0.1) is 0 Å². The molecule has 2 heterocycles. The number of imidazole rings is 1. The standard InChI is InChI=1S/C14H22N4O/c1-11(19)18(12-4-5-12)9-13-3-2-8-17(13)10-14-15-6-7-16-14/h6-7,12-13H,2-5,8-10H2,1H3,(H,15,16)/t13-/m0/s1. The number of likely N-dealkylation sites (tertiary alicyclic amines) is 1. The average Bonchev–Trinajstić information content (AvgIpc) is 2.91. The van der Waals surface area contributed by atoms with E-state index in [1.165, 1.54) is 25.7 Å². The molecule has 1 aromatic rings. The maximum Gasteiger partial charge on any atom is 0.219 e. The van der Waals surface area contributed by atoms with Crippen molar-refractivity contribution in [2.75, 3.05) is 13.1 Å². The predicted octanol–water partition coefficient (Wildman–Crippen LogP) is 1.38. The lowest BCUT2D eigenvalue weighted by atomic mass is 10.2. The van der Waals surface area contributed by atoms with Crippen molar-refractivity contribution in [1.29, 1.82) is 0 Å².